The van der Waals surface area contributed by atoms with Crippen molar-refractivity contribution in [3.63, 3.8) is 0 Å². The van der Waals surface area contributed by atoms with E-state index in [2.05, 4.69) is 0 Å². The summed E-state index contributed by atoms with van der Waals surface area (Å²) in [5.41, 5.74) is 0. The minimum Gasteiger partial charge on any atom is -0.496 e. The Morgan fingerprint density at radius 2 is 1.18 bits per heavy atom. The van der Waals surface area contributed by atoms with Crippen molar-refractivity contribution < 1.29 is 31.9 Å². The molecule has 0 amide bonds. The van der Waals surface area contributed by atoms with E-state index in [9.17, 15) is 8.42 Å². The maximum atomic E-state index is 9.19. The lowest BCUT2D eigenvalue weighted by Crippen LogP contribution is -2.11. The van der Waals surface area contributed by atoms with E-state index in [0.717, 1.165) is 0 Å². The van der Waals surface area contributed by atoms with Gasteiger partial charge in [-0.3, -0.25) is 4.55 Å². The van der Waals surface area contributed by atoms with Crippen LogP contribution in [-0.2, 0) is 29.1 Å². The SMILES string of the molecule is C1=COCCOCCOCCO1.CS(=O)(=O)O. The molecule has 0 aromatic rings. The van der Waals surface area contributed by atoms with Crippen molar-refractivity contribution in [2.75, 3.05) is 45.9 Å². The summed E-state index contributed by atoms with van der Waals surface area (Å²) < 4.78 is 46.3. The smallest absolute Gasteiger partial charge is 0.261 e. The lowest BCUT2D eigenvalue weighted by atomic mass is 10.7. The summed E-state index contributed by atoms with van der Waals surface area (Å²) in [6.07, 6.45) is 3.75. The second-order valence-electron chi connectivity index (χ2n) is 2.97. The Balaban J connectivity index is 0.000000437. The molecule has 0 radical (unpaired) electrons. The molecule has 0 spiro atoms. The fourth-order valence-electron chi connectivity index (χ4n) is 0.751. The van der Waals surface area contributed by atoms with Gasteiger partial charge in [-0.25, -0.2) is 0 Å². The van der Waals surface area contributed by atoms with Gasteiger partial charge in [0.15, 0.2) is 0 Å². The van der Waals surface area contributed by atoms with Crippen LogP contribution < -0.4 is 0 Å². The van der Waals surface area contributed by atoms with Gasteiger partial charge in [-0.15, -0.1) is 0 Å². The third-order valence-corrected chi connectivity index (χ3v) is 1.31. The molecular formula is C9H18O7S. The summed E-state index contributed by atoms with van der Waals surface area (Å²) in [5, 5.41) is 0. The van der Waals surface area contributed by atoms with E-state index in [0.29, 0.717) is 45.9 Å². The van der Waals surface area contributed by atoms with Crippen LogP contribution in [0.2, 0.25) is 0 Å². The van der Waals surface area contributed by atoms with Gasteiger partial charge in [0.2, 0.25) is 0 Å². The summed E-state index contributed by atoms with van der Waals surface area (Å²) in [7, 11) is -3.67. The molecule has 0 atom stereocenters. The largest absolute Gasteiger partial charge is 0.496 e. The van der Waals surface area contributed by atoms with E-state index < -0.39 is 10.1 Å². The maximum absolute atomic E-state index is 9.19. The lowest BCUT2D eigenvalue weighted by molar-refractivity contribution is 0.0116. The third-order valence-electron chi connectivity index (χ3n) is 1.31. The van der Waals surface area contributed by atoms with Gasteiger partial charge in [0.05, 0.1) is 32.7 Å². The fourth-order valence-corrected chi connectivity index (χ4v) is 0.751. The van der Waals surface area contributed by atoms with Crippen LogP contribution in [0.25, 0.3) is 0 Å². The molecule has 0 fully saturated rings. The van der Waals surface area contributed by atoms with E-state index in [1.807, 2.05) is 0 Å². The molecule has 1 heterocycles. The molecule has 1 aliphatic rings. The average Bonchev–Trinajstić information content (AvgIpc) is 2.15. The van der Waals surface area contributed by atoms with Crippen LogP contribution in [0.1, 0.15) is 0 Å². The highest BCUT2D eigenvalue weighted by Crippen LogP contribution is 1.86. The average molecular weight is 270 g/mol. The van der Waals surface area contributed by atoms with Crippen molar-refractivity contribution in [2.45, 2.75) is 0 Å². The molecule has 8 heteroatoms. The van der Waals surface area contributed by atoms with Crippen LogP contribution in [0.5, 0.6) is 0 Å². The first kappa shape index (κ1) is 16.2. The topological polar surface area (TPSA) is 91.3 Å². The van der Waals surface area contributed by atoms with Gasteiger partial charge in [0.1, 0.15) is 25.7 Å². The van der Waals surface area contributed by atoms with Crippen molar-refractivity contribution in [1.82, 2.24) is 0 Å². The van der Waals surface area contributed by atoms with Gasteiger partial charge in [-0.2, -0.15) is 8.42 Å². The van der Waals surface area contributed by atoms with Gasteiger partial charge in [0.25, 0.3) is 10.1 Å². The lowest BCUT2D eigenvalue weighted by Gasteiger charge is -2.07. The highest BCUT2D eigenvalue weighted by molar-refractivity contribution is 7.85. The molecule has 1 rings (SSSR count). The number of rotatable bonds is 0. The molecule has 7 nitrogen and oxygen atoms in total. The van der Waals surface area contributed by atoms with Gasteiger partial charge in [-0.1, -0.05) is 0 Å². The Hall–Kier alpha value is -0.830. The molecule has 17 heavy (non-hydrogen) atoms. The molecule has 1 aliphatic heterocycles. The van der Waals surface area contributed by atoms with Gasteiger partial charge >= 0.3 is 0 Å². The number of ether oxygens (including phenoxy) is 4. The molecule has 0 saturated heterocycles. The van der Waals surface area contributed by atoms with Crippen LogP contribution in [0.3, 0.4) is 0 Å². The van der Waals surface area contributed by atoms with Crippen LogP contribution in [-0.4, -0.2) is 58.9 Å². The molecule has 0 aliphatic carbocycles. The van der Waals surface area contributed by atoms with Crippen LogP contribution >= 0.6 is 0 Å². The van der Waals surface area contributed by atoms with Gasteiger partial charge in [-0.05, 0) is 0 Å². The van der Waals surface area contributed by atoms with Gasteiger partial charge in [0, 0.05) is 0 Å². The zero-order chi connectivity index (χ0) is 13.0. The molecule has 1 N–H and O–H groups in total. The second-order valence-corrected chi connectivity index (χ2v) is 4.44. The first-order valence-electron chi connectivity index (χ1n) is 4.96. The quantitative estimate of drug-likeness (QED) is 0.621. The predicted octanol–water partition coefficient (Wildman–Crippen LogP) is 0.0416. The summed E-state index contributed by atoms with van der Waals surface area (Å²) in [6.45, 7) is 3.53. The molecule has 102 valence electrons. The van der Waals surface area contributed by atoms with Gasteiger partial charge < -0.3 is 18.9 Å². The van der Waals surface area contributed by atoms with E-state index in [-0.39, 0.29) is 0 Å². The monoisotopic (exact) mass is 270 g/mol. The van der Waals surface area contributed by atoms with Crippen molar-refractivity contribution in [1.29, 1.82) is 0 Å². The van der Waals surface area contributed by atoms with Crippen molar-refractivity contribution in [3.8, 4) is 0 Å². The number of hydrogen-bond acceptors (Lipinski definition) is 6. The minimum absolute atomic E-state index is 0.555. The number of hydrogen-bond donors (Lipinski definition) is 1. The highest BCUT2D eigenvalue weighted by atomic mass is 32.2. The summed E-state index contributed by atoms with van der Waals surface area (Å²) >= 11 is 0. The summed E-state index contributed by atoms with van der Waals surface area (Å²) in [6, 6.07) is 0. The second kappa shape index (κ2) is 10.3. The molecule has 0 aromatic heterocycles. The zero-order valence-electron chi connectivity index (χ0n) is 9.70. The van der Waals surface area contributed by atoms with E-state index in [1.54, 1.807) is 0 Å². The third kappa shape index (κ3) is 21.1. The van der Waals surface area contributed by atoms with Crippen molar-refractivity contribution in [2.24, 2.45) is 0 Å². The van der Waals surface area contributed by atoms with Crippen molar-refractivity contribution in [3.05, 3.63) is 12.5 Å². The first-order valence-corrected chi connectivity index (χ1v) is 6.81. The standard InChI is InChI=1S/C8H14O4.CH4O3S/c1-2-10-5-6-12-8-7-11-4-3-9-1;1-5(2,3)4/h1-2H,3-8H2;1H3,(H,2,3,4). The van der Waals surface area contributed by atoms with E-state index in [4.69, 9.17) is 23.5 Å². The summed E-state index contributed by atoms with van der Waals surface area (Å²) in [5.74, 6) is 0. The van der Waals surface area contributed by atoms with Crippen LogP contribution in [0, 0.1) is 0 Å². The Kier molecular flexibility index (Phi) is 9.83. The molecular weight excluding hydrogens is 252 g/mol. The Bertz CT molecular complexity index is 264. The summed E-state index contributed by atoms with van der Waals surface area (Å²) in [4.78, 5) is 0. The zero-order valence-corrected chi connectivity index (χ0v) is 10.5. The first-order chi connectivity index (χ1) is 8.00. The maximum Gasteiger partial charge on any atom is 0.261 e. The molecule has 0 bridgehead atoms. The Morgan fingerprint density at radius 1 is 0.882 bits per heavy atom. The molecule has 0 saturated carbocycles. The Labute approximate surface area is 101 Å². The molecule has 0 aromatic carbocycles. The van der Waals surface area contributed by atoms with Crippen molar-refractivity contribution >= 4 is 10.1 Å². The minimum atomic E-state index is -3.67. The predicted molar refractivity (Wildman–Crippen MR) is 60.2 cm³/mol. The van der Waals surface area contributed by atoms with Crippen LogP contribution in [0.4, 0.5) is 0 Å². The van der Waals surface area contributed by atoms with E-state index in [1.165, 1.54) is 12.5 Å². The van der Waals surface area contributed by atoms with E-state index >= 15 is 0 Å². The Morgan fingerprint density at radius 3 is 1.53 bits per heavy atom. The van der Waals surface area contributed by atoms with Crippen LogP contribution in [0.15, 0.2) is 12.5 Å². The highest BCUT2D eigenvalue weighted by Gasteiger charge is 1.91. The fraction of sp³-hybridized carbons (Fsp3) is 0.778. The normalized spacial score (nSPS) is 18.5. The molecule has 0 unspecified atom stereocenters.